The Morgan fingerprint density at radius 2 is 1.86 bits per heavy atom. The van der Waals surface area contributed by atoms with Crippen LogP contribution in [-0.4, -0.2) is 41.6 Å². The summed E-state index contributed by atoms with van der Waals surface area (Å²) < 4.78 is 15.5. The van der Waals surface area contributed by atoms with E-state index in [0.717, 1.165) is 22.2 Å². The number of halogens is 1. The number of nitrogens with one attached hydrogen (secondary N) is 1. The van der Waals surface area contributed by atoms with Crippen molar-refractivity contribution in [2.45, 2.75) is 13.5 Å². The van der Waals surface area contributed by atoms with Gasteiger partial charge >= 0.3 is 5.97 Å². The van der Waals surface area contributed by atoms with Gasteiger partial charge in [0.1, 0.15) is 11.5 Å². The SMILES string of the molecule is COC(=O)c1ccc(CN2C(=O)S/C(=C/c3ccc(OCC(=O)Nc4ccc(C)cc4)c(Cl)c3)C2=O)o1. The Labute approximate surface area is 221 Å². The molecule has 1 fully saturated rings. The molecule has 1 saturated heterocycles. The molecule has 1 aliphatic heterocycles. The van der Waals surface area contributed by atoms with Crippen molar-refractivity contribution in [3.8, 4) is 5.75 Å². The Morgan fingerprint density at radius 1 is 1.11 bits per heavy atom. The number of nitrogens with zero attached hydrogens (tertiary/aromatic N) is 1. The molecule has 0 spiro atoms. The fourth-order valence-corrected chi connectivity index (χ4v) is 4.40. The summed E-state index contributed by atoms with van der Waals surface area (Å²) in [6.45, 7) is 1.59. The zero-order valence-corrected chi connectivity index (χ0v) is 21.4. The van der Waals surface area contributed by atoms with Crippen molar-refractivity contribution < 1.29 is 33.1 Å². The van der Waals surface area contributed by atoms with Crippen molar-refractivity contribution in [3.63, 3.8) is 0 Å². The molecule has 3 amide bonds. The van der Waals surface area contributed by atoms with Gasteiger partial charge in [-0.2, -0.15) is 0 Å². The number of anilines is 1. The molecule has 9 nitrogen and oxygen atoms in total. The Morgan fingerprint density at radius 3 is 2.57 bits per heavy atom. The summed E-state index contributed by atoms with van der Waals surface area (Å²) in [6, 6.07) is 15.1. The Kier molecular flexibility index (Phi) is 8.00. The molecule has 0 aliphatic carbocycles. The lowest BCUT2D eigenvalue weighted by molar-refractivity contribution is -0.123. The van der Waals surface area contributed by atoms with Gasteiger partial charge in [-0.15, -0.1) is 0 Å². The second-order valence-electron chi connectivity index (χ2n) is 7.92. The molecule has 37 heavy (non-hydrogen) atoms. The van der Waals surface area contributed by atoms with Crippen molar-refractivity contribution in [1.82, 2.24) is 4.90 Å². The number of furan rings is 1. The summed E-state index contributed by atoms with van der Waals surface area (Å²) in [7, 11) is 1.22. The van der Waals surface area contributed by atoms with Crippen LogP contribution in [-0.2, 0) is 20.9 Å². The molecule has 2 heterocycles. The number of carbonyl (C=O) groups excluding carboxylic acids is 4. The van der Waals surface area contributed by atoms with Crippen LogP contribution in [0, 0.1) is 6.92 Å². The minimum Gasteiger partial charge on any atom is -0.482 e. The number of carbonyl (C=O) groups is 4. The van der Waals surface area contributed by atoms with Gasteiger partial charge in [0.25, 0.3) is 17.1 Å². The summed E-state index contributed by atoms with van der Waals surface area (Å²) in [5.74, 6) is -0.964. The first-order chi connectivity index (χ1) is 17.7. The highest BCUT2D eigenvalue weighted by Crippen LogP contribution is 2.35. The second-order valence-corrected chi connectivity index (χ2v) is 9.32. The molecule has 0 bridgehead atoms. The van der Waals surface area contributed by atoms with Crippen LogP contribution in [0.3, 0.4) is 0 Å². The van der Waals surface area contributed by atoms with Crippen LogP contribution < -0.4 is 10.1 Å². The number of ether oxygens (including phenoxy) is 2. The van der Waals surface area contributed by atoms with E-state index in [1.165, 1.54) is 25.3 Å². The average molecular weight is 541 g/mol. The fourth-order valence-electron chi connectivity index (χ4n) is 3.32. The summed E-state index contributed by atoms with van der Waals surface area (Å²) in [6.07, 6.45) is 1.53. The second kappa shape index (κ2) is 11.4. The van der Waals surface area contributed by atoms with E-state index in [9.17, 15) is 19.2 Å². The zero-order valence-electron chi connectivity index (χ0n) is 19.8. The highest BCUT2D eigenvalue weighted by molar-refractivity contribution is 8.18. The molecule has 0 radical (unpaired) electrons. The maximum atomic E-state index is 12.8. The molecule has 190 valence electrons. The van der Waals surface area contributed by atoms with E-state index in [1.54, 1.807) is 30.3 Å². The molecule has 11 heteroatoms. The summed E-state index contributed by atoms with van der Waals surface area (Å²) in [5.41, 5.74) is 2.31. The van der Waals surface area contributed by atoms with Gasteiger partial charge in [0.15, 0.2) is 6.61 Å². The van der Waals surface area contributed by atoms with Crippen molar-refractivity contribution >= 4 is 58.1 Å². The number of hydrogen-bond donors (Lipinski definition) is 1. The zero-order chi connectivity index (χ0) is 26.5. The van der Waals surface area contributed by atoms with Gasteiger partial charge in [-0.3, -0.25) is 19.3 Å². The maximum Gasteiger partial charge on any atom is 0.373 e. The van der Waals surface area contributed by atoms with Crippen LogP contribution in [0.5, 0.6) is 5.75 Å². The molecule has 3 aromatic rings. The molecule has 1 aliphatic rings. The molecule has 4 rings (SSSR count). The van der Waals surface area contributed by atoms with Crippen LogP contribution >= 0.6 is 23.4 Å². The summed E-state index contributed by atoms with van der Waals surface area (Å²) in [5, 5.41) is 2.50. The molecule has 0 unspecified atom stereocenters. The topological polar surface area (TPSA) is 115 Å². The minimum atomic E-state index is -0.656. The fraction of sp³-hybridized carbons (Fsp3) is 0.154. The molecule has 1 N–H and O–H groups in total. The first kappa shape index (κ1) is 26.1. The summed E-state index contributed by atoms with van der Waals surface area (Å²) >= 11 is 7.09. The van der Waals surface area contributed by atoms with E-state index in [-0.39, 0.29) is 40.5 Å². The normalized spacial score (nSPS) is 14.2. The standard InChI is InChI=1S/C26H21ClN2O7S/c1-15-3-6-17(7-4-15)28-23(30)14-35-20-9-5-16(11-19(20)27)12-22-24(31)29(26(33)37-22)13-18-8-10-21(36-18)25(32)34-2/h3-12H,13-14H2,1-2H3,(H,28,30)/b22-12+. The van der Waals surface area contributed by atoms with E-state index in [0.29, 0.717) is 17.0 Å². The maximum absolute atomic E-state index is 12.8. The number of rotatable bonds is 8. The molecule has 0 atom stereocenters. The van der Waals surface area contributed by atoms with Crippen LogP contribution in [0.1, 0.15) is 27.4 Å². The first-order valence-corrected chi connectivity index (χ1v) is 12.1. The number of methoxy groups -OCH3 is 1. The molecular weight excluding hydrogens is 520 g/mol. The lowest BCUT2D eigenvalue weighted by atomic mass is 10.2. The van der Waals surface area contributed by atoms with Gasteiger partial charge in [-0.1, -0.05) is 35.4 Å². The number of amides is 3. The smallest absolute Gasteiger partial charge is 0.373 e. The van der Waals surface area contributed by atoms with Crippen LogP contribution in [0.4, 0.5) is 10.5 Å². The lowest BCUT2D eigenvalue weighted by Crippen LogP contribution is -2.27. The number of esters is 1. The van der Waals surface area contributed by atoms with Gasteiger partial charge in [0, 0.05) is 5.69 Å². The van der Waals surface area contributed by atoms with E-state index < -0.39 is 17.1 Å². The Balaban J connectivity index is 1.37. The number of benzene rings is 2. The van der Waals surface area contributed by atoms with Crippen LogP contribution in [0.25, 0.3) is 6.08 Å². The molecule has 1 aromatic heterocycles. The molecular formula is C26H21ClN2O7S. The Bertz CT molecular complexity index is 1400. The first-order valence-electron chi connectivity index (χ1n) is 10.9. The third-order valence-corrected chi connectivity index (χ3v) is 6.39. The van der Waals surface area contributed by atoms with E-state index >= 15 is 0 Å². The predicted molar refractivity (Wildman–Crippen MR) is 138 cm³/mol. The number of aryl methyl sites for hydroxylation is 1. The van der Waals surface area contributed by atoms with Crippen molar-refractivity contribution in [2.24, 2.45) is 0 Å². The monoisotopic (exact) mass is 540 g/mol. The predicted octanol–water partition coefficient (Wildman–Crippen LogP) is 5.28. The third-order valence-electron chi connectivity index (χ3n) is 5.18. The van der Waals surface area contributed by atoms with Gasteiger partial charge in [0.2, 0.25) is 5.76 Å². The third kappa shape index (κ3) is 6.41. The van der Waals surface area contributed by atoms with E-state index in [4.69, 9.17) is 20.8 Å². The van der Waals surface area contributed by atoms with Crippen molar-refractivity contribution in [3.05, 3.63) is 87.2 Å². The van der Waals surface area contributed by atoms with E-state index in [2.05, 4.69) is 10.1 Å². The lowest BCUT2D eigenvalue weighted by Gasteiger charge is -2.10. The van der Waals surface area contributed by atoms with Crippen molar-refractivity contribution in [2.75, 3.05) is 19.0 Å². The van der Waals surface area contributed by atoms with Gasteiger partial charge < -0.3 is 19.2 Å². The number of imide groups is 1. The summed E-state index contributed by atoms with van der Waals surface area (Å²) in [4.78, 5) is 50.1. The molecule has 0 saturated carbocycles. The molecule has 2 aromatic carbocycles. The Hall–Kier alpha value is -4.02. The highest BCUT2D eigenvalue weighted by Gasteiger charge is 2.35. The van der Waals surface area contributed by atoms with Crippen LogP contribution in [0.15, 0.2) is 63.9 Å². The quantitative estimate of drug-likeness (QED) is 0.303. The largest absolute Gasteiger partial charge is 0.482 e. The average Bonchev–Trinajstić information content (AvgIpc) is 3.45. The number of hydrogen-bond acceptors (Lipinski definition) is 8. The van der Waals surface area contributed by atoms with Gasteiger partial charge in [-0.25, -0.2) is 4.79 Å². The van der Waals surface area contributed by atoms with Crippen molar-refractivity contribution in [1.29, 1.82) is 0 Å². The van der Waals surface area contributed by atoms with Gasteiger partial charge in [0.05, 0.1) is 23.6 Å². The number of thioether (sulfide) groups is 1. The van der Waals surface area contributed by atoms with Crippen LogP contribution in [0.2, 0.25) is 5.02 Å². The van der Waals surface area contributed by atoms with E-state index in [1.807, 2.05) is 19.1 Å². The minimum absolute atomic E-state index is 0.0235. The highest BCUT2D eigenvalue weighted by atomic mass is 35.5. The van der Waals surface area contributed by atoms with Gasteiger partial charge in [-0.05, 0) is 66.7 Å².